The fourth-order valence-electron chi connectivity index (χ4n) is 5.18. The van der Waals surface area contributed by atoms with Gasteiger partial charge in [0.1, 0.15) is 17.3 Å². The monoisotopic (exact) mass is 646 g/mol. The Balaban J connectivity index is 1.28. The lowest BCUT2D eigenvalue weighted by Gasteiger charge is -2.15. The zero-order chi connectivity index (χ0) is 32.9. The van der Waals surface area contributed by atoms with Gasteiger partial charge in [0.05, 0.1) is 49.8 Å². The molecule has 5 aromatic rings. The van der Waals surface area contributed by atoms with Crippen molar-refractivity contribution in [2.45, 2.75) is 6.54 Å². The molecule has 9 nitrogen and oxygen atoms in total. The number of aromatic nitrogens is 2. The second kappa shape index (κ2) is 13.7. The van der Waals surface area contributed by atoms with E-state index < -0.39 is 5.82 Å². The number of nitrogens with one attached hydrogen (secondary N) is 2. The molecule has 1 aliphatic heterocycles. The summed E-state index contributed by atoms with van der Waals surface area (Å²) in [6.07, 6.45) is 1.68. The number of nitrogens with zero attached hydrogens (tertiary/aromatic N) is 3. The maximum Gasteiger partial charge on any atom is 0.259 e. The van der Waals surface area contributed by atoms with Gasteiger partial charge >= 0.3 is 0 Å². The van der Waals surface area contributed by atoms with Crippen molar-refractivity contribution in [1.29, 1.82) is 0 Å². The summed E-state index contributed by atoms with van der Waals surface area (Å²) < 4.78 is 26.2. The van der Waals surface area contributed by atoms with E-state index in [-0.39, 0.29) is 24.6 Å². The van der Waals surface area contributed by atoms with Crippen molar-refractivity contribution >= 4 is 40.5 Å². The Bertz CT molecular complexity index is 2090. The molecule has 4 N–H and O–H groups in total. The van der Waals surface area contributed by atoms with Gasteiger partial charge in [0.15, 0.2) is 0 Å². The molecule has 1 aromatic heterocycles. The molecule has 1 aliphatic rings. The normalized spacial score (nSPS) is 11.6. The second-order valence-corrected chi connectivity index (χ2v) is 10.8. The minimum absolute atomic E-state index is 0.205. The van der Waals surface area contributed by atoms with Crippen LogP contribution in [0.15, 0.2) is 90.1 Å². The average molecular weight is 647 g/mol. The number of carbonyl (C=O) groups is 1. The first-order valence-electron chi connectivity index (χ1n) is 14.5. The predicted octanol–water partition coefficient (Wildman–Crippen LogP) is 6.61. The topological polar surface area (TPSA) is 124 Å². The van der Waals surface area contributed by atoms with Crippen LogP contribution >= 0.6 is 11.6 Å². The van der Waals surface area contributed by atoms with E-state index in [2.05, 4.69) is 27.5 Å². The molecule has 0 saturated heterocycles. The van der Waals surface area contributed by atoms with E-state index in [0.29, 0.717) is 61.9 Å². The highest BCUT2D eigenvalue weighted by molar-refractivity contribution is 6.31. The van der Waals surface area contributed by atoms with Gasteiger partial charge in [0.2, 0.25) is 5.95 Å². The molecule has 0 atom stereocenters. The maximum absolute atomic E-state index is 15.2. The summed E-state index contributed by atoms with van der Waals surface area (Å²) in [7, 11) is 2.98. The van der Waals surface area contributed by atoms with Gasteiger partial charge in [-0.1, -0.05) is 35.6 Å². The zero-order valence-electron chi connectivity index (χ0n) is 25.4. The number of hydrogen-bond donors (Lipinski definition) is 3. The van der Waals surface area contributed by atoms with Crippen molar-refractivity contribution in [3.05, 3.63) is 124 Å². The van der Waals surface area contributed by atoms with E-state index in [1.54, 1.807) is 72.9 Å². The standard InChI is InChI=1S/C36H28ClFN6O3/c1-46-30-7-3-6-29(38)32(30)34-28-17-23(37)10-14-26(28)33-22(19-40-34)20-41-36(44-33)43-25-13-15-27(31(18-25)47-2)35(45)42-24-11-8-21(9-12-24)5-4-16-39/h3,6-15,17-18,20H,16,19,39H2,1-2H3,(H,42,45)(H,41,43,44). The quantitative estimate of drug-likeness (QED) is 0.170. The number of aliphatic imine (C=N–C) groups is 1. The fourth-order valence-corrected chi connectivity index (χ4v) is 5.35. The number of nitrogens with two attached hydrogens (primary N) is 1. The molecule has 0 radical (unpaired) electrons. The van der Waals surface area contributed by atoms with Crippen LogP contribution in [0.4, 0.5) is 21.7 Å². The fraction of sp³-hybridized carbons (Fsp3) is 0.111. The smallest absolute Gasteiger partial charge is 0.259 e. The van der Waals surface area contributed by atoms with Crippen LogP contribution in [0.2, 0.25) is 5.02 Å². The molecule has 4 aromatic carbocycles. The van der Waals surface area contributed by atoms with E-state index in [4.69, 9.17) is 36.8 Å². The minimum atomic E-state index is -0.467. The largest absolute Gasteiger partial charge is 0.496 e. The van der Waals surface area contributed by atoms with Gasteiger partial charge in [0.25, 0.3) is 5.91 Å². The molecular formula is C36H28ClFN6O3. The lowest BCUT2D eigenvalue weighted by Crippen LogP contribution is -2.13. The number of benzene rings is 4. The van der Waals surface area contributed by atoms with Crippen LogP contribution in [-0.2, 0) is 6.54 Å². The van der Waals surface area contributed by atoms with E-state index >= 15 is 4.39 Å². The SMILES string of the molecule is COc1cc(Nc2ncc3c(n2)-c2ccc(Cl)cc2C(c2c(F)cccc2OC)=NC3)ccc1C(=O)Nc1ccc(C#CCN)cc1. The average Bonchev–Trinajstić information content (AvgIpc) is 3.23. The third-order valence-corrected chi connectivity index (χ3v) is 7.61. The summed E-state index contributed by atoms with van der Waals surface area (Å²) in [6.45, 7) is 0.476. The molecule has 0 spiro atoms. The summed E-state index contributed by atoms with van der Waals surface area (Å²) in [5, 5.41) is 6.54. The molecule has 0 unspecified atom stereocenters. The minimum Gasteiger partial charge on any atom is -0.496 e. The lowest BCUT2D eigenvalue weighted by atomic mass is 9.94. The first kappa shape index (κ1) is 31.2. The van der Waals surface area contributed by atoms with E-state index in [9.17, 15) is 4.79 Å². The van der Waals surface area contributed by atoms with Gasteiger partial charge in [-0.15, -0.1) is 0 Å². The summed E-state index contributed by atoms with van der Waals surface area (Å²) in [5.41, 5.74) is 11.1. The second-order valence-electron chi connectivity index (χ2n) is 10.3. The first-order valence-corrected chi connectivity index (χ1v) is 14.8. The summed E-state index contributed by atoms with van der Waals surface area (Å²) in [6, 6.07) is 22.2. The molecule has 0 saturated carbocycles. The van der Waals surface area contributed by atoms with Gasteiger partial charge in [-0.2, -0.15) is 0 Å². The molecule has 1 amide bonds. The Morgan fingerprint density at radius 3 is 2.53 bits per heavy atom. The molecule has 2 heterocycles. The van der Waals surface area contributed by atoms with Crippen molar-refractivity contribution < 1.29 is 18.7 Å². The van der Waals surface area contributed by atoms with Crippen LogP contribution in [0.5, 0.6) is 11.5 Å². The van der Waals surface area contributed by atoms with Gasteiger partial charge in [-0.3, -0.25) is 9.79 Å². The number of ether oxygens (including phenoxy) is 2. The number of amides is 1. The predicted molar refractivity (Wildman–Crippen MR) is 181 cm³/mol. The van der Waals surface area contributed by atoms with Crippen LogP contribution in [0, 0.1) is 17.7 Å². The number of halogens is 2. The van der Waals surface area contributed by atoms with Gasteiger partial charge in [-0.25, -0.2) is 14.4 Å². The summed E-state index contributed by atoms with van der Waals surface area (Å²) in [5.74, 6) is 5.94. The highest BCUT2D eigenvalue weighted by atomic mass is 35.5. The summed E-state index contributed by atoms with van der Waals surface area (Å²) in [4.78, 5) is 27.2. The Morgan fingerprint density at radius 2 is 1.77 bits per heavy atom. The highest BCUT2D eigenvalue weighted by Crippen LogP contribution is 2.36. The number of methoxy groups -OCH3 is 2. The summed E-state index contributed by atoms with van der Waals surface area (Å²) >= 11 is 6.42. The van der Waals surface area contributed by atoms with Gasteiger partial charge in [-0.05, 0) is 60.7 Å². The molecule has 6 rings (SSSR count). The molecule has 0 fully saturated rings. The van der Waals surface area contributed by atoms with Crippen LogP contribution in [0.3, 0.4) is 0 Å². The molecule has 47 heavy (non-hydrogen) atoms. The lowest BCUT2D eigenvalue weighted by molar-refractivity contribution is 0.102. The van der Waals surface area contributed by atoms with Crippen molar-refractivity contribution in [2.24, 2.45) is 10.7 Å². The van der Waals surface area contributed by atoms with Crippen LogP contribution in [0.1, 0.15) is 32.6 Å². The van der Waals surface area contributed by atoms with Crippen molar-refractivity contribution in [1.82, 2.24) is 9.97 Å². The third kappa shape index (κ3) is 6.63. The first-order chi connectivity index (χ1) is 22.9. The number of carbonyl (C=O) groups excluding carboxylic acids is 1. The molecule has 0 aliphatic carbocycles. The van der Waals surface area contributed by atoms with Gasteiger partial charge < -0.3 is 25.8 Å². The Hall–Kier alpha value is -5.76. The number of rotatable bonds is 7. The molecule has 0 bridgehead atoms. The Labute approximate surface area is 275 Å². The van der Waals surface area contributed by atoms with Crippen LogP contribution < -0.4 is 25.8 Å². The van der Waals surface area contributed by atoms with Gasteiger partial charge in [0, 0.05) is 50.9 Å². The van der Waals surface area contributed by atoms with Crippen molar-refractivity contribution in [2.75, 3.05) is 31.4 Å². The van der Waals surface area contributed by atoms with Crippen LogP contribution in [-0.4, -0.2) is 42.4 Å². The molecule has 234 valence electrons. The van der Waals surface area contributed by atoms with Crippen LogP contribution in [0.25, 0.3) is 11.3 Å². The molecule has 11 heteroatoms. The van der Waals surface area contributed by atoms with E-state index in [1.165, 1.54) is 20.3 Å². The third-order valence-electron chi connectivity index (χ3n) is 7.38. The molecular weight excluding hydrogens is 619 g/mol. The van der Waals surface area contributed by atoms with Crippen molar-refractivity contribution in [3.8, 4) is 34.6 Å². The number of anilines is 3. The van der Waals surface area contributed by atoms with Crippen molar-refractivity contribution in [3.63, 3.8) is 0 Å². The maximum atomic E-state index is 15.2. The number of hydrogen-bond acceptors (Lipinski definition) is 8. The Morgan fingerprint density at radius 1 is 0.979 bits per heavy atom. The highest BCUT2D eigenvalue weighted by Gasteiger charge is 2.25. The van der Waals surface area contributed by atoms with E-state index in [1.807, 2.05) is 6.07 Å². The Kier molecular flexibility index (Phi) is 9.11. The number of fused-ring (bicyclic) bond motifs is 3. The zero-order valence-corrected chi connectivity index (χ0v) is 26.2. The van der Waals surface area contributed by atoms with E-state index in [0.717, 1.165) is 11.1 Å².